The van der Waals surface area contributed by atoms with Crippen molar-refractivity contribution >= 4 is 17.9 Å². The van der Waals surface area contributed by atoms with Crippen LogP contribution in [0, 0.1) is 0 Å². The molecule has 0 bridgehead atoms. The van der Waals surface area contributed by atoms with E-state index in [4.69, 9.17) is 14.2 Å². The Morgan fingerprint density at radius 2 is 0.562 bits per heavy atom. The van der Waals surface area contributed by atoms with Crippen LogP contribution in [0.1, 0.15) is 303 Å². The maximum Gasteiger partial charge on any atom is 0.306 e. The molecule has 0 saturated heterocycles. The average molecular weight is 1020 g/mol. The molecule has 420 valence electrons. The first-order chi connectivity index (χ1) is 36.0. The second-order valence-electron chi connectivity index (χ2n) is 20.6. The summed E-state index contributed by atoms with van der Waals surface area (Å²) in [6.45, 7) is 6.49. The van der Waals surface area contributed by atoms with Gasteiger partial charge in [0, 0.05) is 19.3 Å². The lowest BCUT2D eigenvalue weighted by molar-refractivity contribution is -0.166. The third-order valence-electron chi connectivity index (χ3n) is 13.4. The minimum Gasteiger partial charge on any atom is -0.462 e. The van der Waals surface area contributed by atoms with Gasteiger partial charge in [0.05, 0.1) is 0 Å². The van der Waals surface area contributed by atoms with Gasteiger partial charge in [-0.2, -0.15) is 0 Å². The molecule has 0 aromatic rings. The molecule has 0 spiro atoms. The molecule has 0 saturated carbocycles. The van der Waals surface area contributed by atoms with E-state index < -0.39 is 6.10 Å². The Hall–Kier alpha value is -3.41. The minimum atomic E-state index is -0.808. The fourth-order valence-corrected chi connectivity index (χ4v) is 8.76. The van der Waals surface area contributed by atoms with Gasteiger partial charge in [-0.15, -0.1) is 0 Å². The lowest BCUT2D eigenvalue weighted by Gasteiger charge is -2.18. The van der Waals surface area contributed by atoms with Crippen LogP contribution in [0.3, 0.4) is 0 Å². The lowest BCUT2D eigenvalue weighted by Crippen LogP contribution is -2.30. The second-order valence-corrected chi connectivity index (χ2v) is 20.6. The predicted molar refractivity (Wildman–Crippen MR) is 316 cm³/mol. The zero-order valence-corrected chi connectivity index (χ0v) is 48.1. The largest absolute Gasteiger partial charge is 0.462 e. The molecule has 0 fully saturated rings. The van der Waals surface area contributed by atoms with Crippen LogP contribution in [0.5, 0.6) is 0 Å². The SMILES string of the molecule is CC/C=C/C/C=C/C/C=C/C/C=C/C/C=C/C/C=C/CCC(=O)OC[C@@H](COC(=O)CCCCCCCCC/C=C/CCCCCCCC)OC(=O)CCCCCCCCCCCCCCCCCCCCC. The Morgan fingerprint density at radius 1 is 0.288 bits per heavy atom. The predicted octanol–water partition coefficient (Wildman–Crippen LogP) is 21.1. The van der Waals surface area contributed by atoms with E-state index in [1.54, 1.807) is 0 Å². The number of allylic oxidation sites excluding steroid dienone is 14. The maximum absolute atomic E-state index is 12.9. The molecule has 0 aromatic carbocycles. The molecular formula is C67H116O6. The standard InChI is InChI=1S/C67H116O6/c1-4-7-10-13-16-19-22-25-28-31-33-36-39-42-45-48-51-54-57-60-66(69)72-63-64(62-71-65(68)59-56-53-50-47-44-41-38-35-30-27-24-21-18-15-12-9-6-3)73-67(70)61-58-55-52-49-46-43-40-37-34-32-29-26-23-20-17-14-11-8-5-2/h7,10,16,19,25,27-28,30,33,36,42,45,51,54,64H,4-6,8-9,11-15,17-18,20-24,26,29,31-32,34-35,37-41,43-44,46-50,52-53,55-63H2,1-3H3/b10-7+,19-16+,28-25+,30-27+,36-33+,45-42+,54-51+/t64-/m1/s1. The summed E-state index contributed by atoms with van der Waals surface area (Å²) in [5.41, 5.74) is 0. The molecule has 0 radical (unpaired) electrons. The molecule has 1 atom stereocenters. The molecule has 0 aliphatic rings. The Balaban J connectivity index is 4.47. The smallest absolute Gasteiger partial charge is 0.306 e. The van der Waals surface area contributed by atoms with Crippen LogP contribution >= 0.6 is 0 Å². The molecule has 6 nitrogen and oxygen atoms in total. The third-order valence-corrected chi connectivity index (χ3v) is 13.4. The number of rotatable bonds is 56. The highest BCUT2D eigenvalue weighted by Gasteiger charge is 2.19. The van der Waals surface area contributed by atoms with Crippen molar-refractivity contribution in [1.82, 2.24) is 0 Å². The quantitative estimate of drug-likeness (QED) is 0.0261. The lowest BCUT2D eigenvalue weighted by atomic mass is 10.0. The van der Waals surface area contributed by atoms with Crippen LogP contribution in [0.15, 0.2) is 85.1 Å². The van der Waals surface area contributed by atoms with Gasteiger partial charge in [-0.25, -0.2) is 0 Å². The topological polar surface area (TPSA) is 78.9 Å². The van der Waals surface area contributed by atoms with Gasteiger partial charge in [-0.1, -0.05) is 286 Å². The normalized spacial score (nSPS) is 12.6. The van der Waals surface area contributed by atoms with Crippen molar-refractivity contribution in [1.29, 1.82) is 0 Å². The molecule has 0 heterocycles. The van der Waals surface area contributed by atoms with Gasteiger partial charge in [-0.05, 0) is 83.5 Å². The molecular weight excluding hydrogens is 901 g/mol. The highest BCUT2D eigenvalue weighted by molar-refractivity contribution is 5.71. The average Bonchev–Trinajstić information content (AvgIpc) is 3.39. The maximum atomic E-state index is 12.9. The molecule has 0 aromatic heterocycles. The molecule has 6 heteroatoms. The van der Waals surface area contributed by atoms with Crippen molar-refractivity contribution in [2.75, 3.05) is 13.2 Å². The molecule has 0 amide bonds. The van der Waals surface area contributed by atoms with Crippen LogP contribution in [0.4, 0.5) is 0 Å². The van der Waals surface area contributed by atoms with Crippen LogP contribution < -0.4 is 0 Å². The van der Waals surface area contributed by atoms with Crippen LogP contribution in [0.2, 0.25) is 0 Å². The van der Waals surface area contributed by atoms with Gasteiger partial charge < -0.3 is 14.2 Å². The van der Waals surface area contributed by atoms with Crippen LogP contribution in [-0.2, 0) is 28.6 Å². The summed E-state index contributed by atoms with van der Waals surface area (Å²) in [7, 11) is 0. The Labute approximate surface area is 452 Å². The van der Waals surface area contributed by atoms with Gasteiger partial charge >= 0.3 is 17.9 Å². The summed E-state index contributed by atoms with van der Waals surface area (Å²) in [5.74, 6) is -0.978. The van der Waals surface area contributed by atoms with Crippen molar-refractivity contribution in [2.45, 2.75) is 309 Å². The Bertz CT molecular complexity index is 1400. The number of hydrogen-bond donors (Lipinski definition) is 0. The van der Waals surface area contributed by atoms with E-state index in [0.717, 1.165) is 77.0 Å². The van der Waals surface area contributed by atoms with E-state index in [9.17, 15) is 14.4 Å². The van der Waals surface area contributed by atoms with Crippen molar-refractivity contribution in [3.8, 4) is 0 Å². The van der Waals surface area contributed by atoms with E-state index in [1.807, 2.05) is 6.08 Å². The highest BCUT2D eigenvalue weighted by atomic mass is 16.6. The minimum absolute atomic E-state index is 0.0996. The van der Waals surface area contributed by atoms with Gasteiger partial charge in [0.25, 0.3) is 0 Å². The molecule has 73 heavy (non-hydrogen) atoms. The molecule has 0 aliphatic carbocycles. The number of esters is 3. The second kappa shape index (κ2) is 61.1. The number of carbonyl (C=O) groups is 3. The first-order valence-corrected chi connectivity index (χ1v) is 31.1. The molecule has 0 unspecified atom stereocenters. The molecule has 0 aliphatic heterocycles. The first kappa shape index (κ1) is 69.6. The summed E-state index contributed by atoms with van der Waals surface area (Å²) in [6.07, 6.45) is 80.2. The third kappa shape index (κ3) is 59.3. The highest BCUT2D eigenvalue weighted by Crippen LogP contribution is 2.16. The first-order valence-electron chi connectivity index (χ1n) is 31.1. The van der Waals surface area contributed by atoms with Gasteiger partial charge in [0.15, 0.2) is 6.10 Å². The van der Waals surface area contributed by atoms with Gasteiger partial charge in [-0.3, -0.25) is 14.4 Å². The van der Waals surface area contributed by atoms with Crippen molar-refractivity contribution in [2.24, 2.45) is 0 Å². The molecule has 0 N–H and O–H groups in total. The number of ether oxygens (including phenoxy) is 3. The van der Waals surface area contributed by atoms with Gasteiger partial charge in [0.1, 0.15) is 13.2 Å². The van der Waals surface area contributed by atoms with E-state index in [2.05, 4.69) is 99.8 Å². The van der Waals surface area contributed by atoms with Crippen LogP contribution in [-0.4, -0.2) is 37.2 Å². The Morgan fingerprint density at radius 3 is 0.918 bits per heavy atom. The summed E-state index contributed by atoms with van der Waals surface area (Å²) < 4.78 is 16.9. The van der Waals surface area contributed by atoms with Crippen molar-refractivity contribution in [3.63, 3.8) is 0 Å². The summed E-state index contributed by atoms with van der Waals surface area (Å²) in [6, 6.07) is 0. The summed E-state index contributed by atoms with van der Waals surface area (Å²) >= 11 is 0. The zero-order chi connectivity index (χ0) is 52.9. The monoisotopic (exact) mass is 1020 g/mol. The van der Waals surface area contributed by atoms with E-state index in [-0.39, 0.29) is 37.5 Å². The Kier molecular flexibility index (Phi) is 58.3. The summed E-state index contributed by atoms with van der Waals surface area (Å²) in [5, 5.41) is 0. The number of unbranched alkanes of at least 4 members (excludes halogenated alkanes) is 31. The fraction of sp³-hybridized carbons (Fsp3) is 0.746. The zero-order valence-electron chi connectivity index (χ0n) is 48.1. The van der Waals surface area contributed by atoms with Gasteiger partial charge in [0.2, 0.25) is 0 Å². The molecule has 0 rings (SSSR count). The van der Waals surface area contributed by atoms with Crippen molar-refractivity contribution < 1.29 is 28.6 Å². The number of hydrogen-bond acceptors (Lipinski definition) is 6. The van der Waals surface area contributed by atoms with E-state index >= 15 is 0 Å². The van der Waals surface area contributed by atoms with Crippen molar-refractivity contribution in [3.05, 3.63) is 85.1 Å². The van der Waals surface area contributed by atoms with E-state index in [1.165, 1.54) is 180 Å². The summed E-state index contributed by atoms with van der Waals surface area (Å²) in [4.78, 5) is 38.3. The fourth-order valence-electron chi connectivity index (χ4n) is 8.76. The van der Waals surface area contributed by atoms with E-state index in [0.29, 0.717) is 19.3 Å². The number of carbonyl (C=O) groups excluding carboxylic acids is 3. The van der Waals surface area contributed by atoms with Crippen LogP contribution in [0.25, 0.3) is 0 Å².